The largest absolute Gasteiger partial charge is 0.310 e. The topological polar surface area (TPSA) is 12.0 Å². The summed E-state index contributed by atoms with van der Waals surface area (Å²) in [6.45, 7) is 9.97. The Bertz CT molecular complexity index is 274. The lowest BCUT2D eigenvalue weighted by Gasteiger charge is -2.14. The van der Waals surface area contributed by atoms with Crippen molar-refractivity contribution in [3.8, 4) is 0 Å². The van der Waals surface area contributed by atoms with Crippen LogP contribution in [-0.4, -0.2) is 6.54 Å². The van der Waals surface area contributed by atoms with Crippen molar-refractivity contribution in [2.45, 2.75) is 46.1 Å². The fourth-order valence-electron chi connectivity index (χ4n) is 1.65. The standard InChI is InChI=1S/C14H23N/c1-5-10-15-12(4)14-8-6-13(7-9-14)11(2)3/h6-9,11-12,15H,5,10H2,1-4H3/t12-/m1/s1. The fourth-order valence-corrected chi connectivity index (χ4v) is 1.65. The molecule has 0 fully saturated rings. The van der Waals surface area contributed by atoms with Gasteiger partial charge in [-0.3, -0.25) is 0 Å². The number of benzene rings is 1. The van der Waals surface area contributed by atoms with Crippen LogP contribution in [-0.2, 0) is 0 Å². The third kappa shape index (κ3) is 3.67. The van der Waals surface area contributed by atoms with E-state index in [9.17, 15) is 0 Å². The van der Waals surface area contributed by atoms with Crippen LogP contribution >= 0.6 is 0 Å². The molecule has 15 heavy (non-hydrogen) atoms. The summed E-state index contributed by atoms with van der Waals surface area (Å²) in [7, 11) is 0. The van der Waals surface area contributed by atoms with Gasteiger partial charge in [0.25, 0.3) is 0 Å². The van der Waals surface area contributed by atoms with Crippen LogP contribution in [0.4, 0.5) is 0 Å². The summed E-state index contributed by atoms with van der Waals surface area (Å²) in [5.74, 6) is 0.623. The maximum Gasteiger partial charge on any atom is 0.0291 e. The van der Waals surface area contributed by atoms with Gasteiger partial charge in [-0.1, -0.05) is 45.0 Å². The molecule has 0 aliphatic heterocycles. The molecule has 0 bridgehead atoms. The summed E-state index contributed by atoms with van der Waals surface area (Å²) >= 11 is 0. The molecule has 84 valence electrons. The number of hydrogen-bond acceptors (Lipinski definition) is 1. The van der Waals surface area contributed by atoms with Crippen molar-refractivity contribution in [2.24, 2.45) is 0 Å². The Balaban J connectivity index is 2.62. The molecule has 0 heterocycles. The van der Waals surface area contributed by atoms with Crippen LogP contribution < -0.4 is 5.32 Å². The average molecular weight is 205 g/mol. The second-order valence-electron chi connectivity index (χ2n) is 4.50. The van der Waals surface area contributed by atoms with E-state index in [-0.39, 0.29) is 0 Å². The van der Waals surface area contributed by atoms with E-state index >= 15 is 0 Å². The maximum atomic E-state index is 3.50. The molecule has 1 atom stereocenters. The van der Waals surface area contributed by atoms with E-state index in [0.717, 1.165) is 6.54 Å². The van der Waals surface area contributed by atoms with Crippen molar-refractivity contribution in [2.75, 3.05) is 6.54 Å². The quantitative estimate of drug-likeness (QED) is 0.769. The van der Waals surface area contributed by atoms with Gasteiger partial charge in [0.2, 0.25) is 0 Å². The van der Waals surface area contributed by atoms with E-state index in [1.54, 1.807) is 0 Å². The minimum Gasteiger partial charge on any atom is -0.310 e. The van der Waals surface area contributed by atoms with Crippen LogP contribution in [0.2, 0.25) is 0 Å². The Kier molecular flexibility index (Phi) is 4.83. The minimum atomic E-state index is 0.464. The predicted octanol–water partition coefficient (Wildman–Crippen LogP) is 3.87. The molecular weight excluding hydrogens is 182 g/mol. The van der Waals surface area contributed by atoms with Crippen LogP contribution in [0.15, 0.2) is 24.3 Å². The molecule has 0 saturated carbocycles. The molecule has 0 spiro atoms. The Hall–Kier alpha value is -0.820. The van der Waals surface area contributed by atoms with E-state index in [1.165, 1.54) is 17.5 Å². The van der Waals surface area contributed by atoms with Crippen LogP contribution in [0.3, 0.4) is 0 Å². The monoisotopic (exact) mass is 205 g/mol. The first kappa shape index (κ1) is 12.3. The van der Waals surface area contributed by atoms with E-state index in [1.807, 2.05) is 0 Å². The highest BCUT2D eigenvalue weighted by molar-refractivity contribution is 5.26. The van der Waals surface area contributed by atoms with Crippen molar-refractivity contribution in [3.63, 3.8) is 0 Å². The molecule has 0 saturated heterocycles. The highest BCUT2D eigenvalue weighted by Crippen LogP contribution is 2.18. The van der Waals surface area contributed by atoms with Crippen molar-refractivity contribution < 1.29 is 0 Å². The molecule has 1 rings (SSSR count). The molecule has 1 heteroatoms. The first-order chi connectivity index (χ1) is 7.15. The molecule has 0 amide bonds. The van der Waals surface area contributed by atoms with Crippen LogP contribution in [0, 0.1) is 0 Å². The van der Waals surface area contributed by atoms with E-state index in [4.69, 9.17) is 0 Å². The summed E-state index contributed by atoms with van der Waals surface area (Å²) in [5, 5.41) is 3.50. The smallest absolute Gasteiger partial charge is 0.0291 e. The van der Waals surface area contributed by atoms with Crippen LogP contribution in [0.25, 0.3) is 0 Å². The number of rotatable bonds is 5. The van der Waals surface area contributed by atoms with Crippen LogP contribution in [0.5, 0.6) is 0 Å². The summed E-state index contributed by atoms with van der Waals surface area (Å²) in [6.07, 6.45) is 1.19. The molecule has 1 aromatic rings. The molecule has 1 aromatic carbocycles. The normalized spacial score (nSPS) is 13.1. The Morgan fingerprint density at radius 1 is 1.00 bits per heavy atom. The lowest BCUT2D eigenvalue weighted by atomic mass is 9.99. The van der Waals surface area contributed by atoms with Crippen LogP contribution in [0.1, 0.15) is 57.2 Å². The first-order valence-electron chi connectivity index (χ1n) is 5.98. The van der Waals surface area contributed by atoms with E-state index in [2.05, 4.69) is 57.3 Å². The maximum absolute atomic E-state index is 3.50. The first-order valence-corrected chi connectivity index (χ1v) is 5.98. The van der Waals surface area contributed by atoms with Crippen molar-refractivity contribution >= 4 is 0 Å². The van der Waals surface area contributed by atoms with Gasteiger partial charge in [0.15, 0.2) is 0 Å². The third-order valence-electron chi connectivity index (χ3n) is 2.80. The molecule has 0 radical (unpaired) electrons. The zero-order chi connectivity index (χ0) is 11.3. The second-order valence-corrected chi connectivity index (χ2v) is 4.50. The van der Waals surface area contributed by atoms with Gasteiger partial charge in [0.1, 0.15) is 0 Å². The Morgan fingerprint density at radius 3 is 2.00 bits per heavy atom. The zero-order valence-corrected chi connectivity index (χ0v) is 10.4. The van der Waals surface area contributed by atoms with Crippen molar-refractivity contribution in [1.29, 1.82) is 0 Å². The summed E-state index contributed by atoms with van der Waals surface area (Å²) in [4.78, 5) is 0. The summed E-state index contributed by atoms with van der Waals surface area (Å²) < 4.78 is 0. The highest BCUT2D eigenvalue weighted by Gasteiger charge is 2.04. The average Bonchev–Trinajstić information content (AvgIpc) is 2.26. The van der Waals surface area contributed by atoms with Gasteiger partial charge >= 0.3 is 0 Å². The van der Waals surface area contributed by atoms with Gasteiger partial charge < -0.3 is 5.32 Å². The minimum absolute atomic E-state index is 0.464. The van der Waals surface area contributed by atoms with E-state index < -0.39 is 0 Å². The fraction of sp³-hybridized carbons (Fsp3) is 0.571. The summed E-state index contributed by atoms with van der Waals surface area (Å²) in [6, 6.07) is 9.42. The Morgan fingerprint density at radius 2 is 1.53 bits per heavy atom. The summed E-state index contributed by atoms with van der Waals surface area (Å²) in [5.41, 5.74) is 2.80. The molecule has 0 aliphatic carbocycles. The van der Waals surface area contributed by atoms with Crippen molar-refractivity contribution in [1.82, 2.24) is 5.32 Å². The molecule has 0 aromatic heterocycles. The van der Waals surface area contributed by atoms with Gasteiger partial charge in [0, 0.05) is 6.04 Å². The Labute approximate surface area is 93.9 Å². The zero-order valence-electron chi connectivity index (χ0n) is 10.4. The lowest BCUT2D eigenvalue weighted by Crippen LogP contribution is -2.19. The highest BCUT2D eigenvalue weighted by atomic mass is 14.9. The van der Waals surface area contributed by atoms with Crippen molar-refractivity contribution in [3.05, 3.63) is 35.4 Å². The number of nitrogens with one attached hydrogen (secondary N) is 1. The lowest BCUT2D eigenvalue weighted by molar-refractivity contribution is 0.570. The molecule has 1 N–H and O–H groups in total. The number of hydrogen-bond donors (Lipinski definition) is 1. The predicted molar refractivity (Wildman–Crippen MR) is 67.2 cm³/mol. The van der Waals surface area contributed by atoms with Gasteiger partial charge in [-0.25, -0.2) is 0 Å². The molecule has 0 unspecified atom stereocenters. The van der Waals surface area contributed by atoms with E-state index in [0.29, 0.717) is 12.0 Å². The van der Waals surface area contributed by atoms with Gasteiger partial charge in [0.05, 0.1) is 0 Å². The van der Waals surface area contributed by atoms with Gasteiger partial charge in [-0.15, -0.1) is 0 Å². The van der Waals surface area contributed by atoms with Gasteiger partial charge in [-0.05, 0) is 36.9 Å². The second kappa shape index (κ2) is 5.92. The molecule has 1 nitrogen and oxygen atoms in total. The third-order valence-corrected chi connectivity index (χ3v) is 2.80. The SMILES string of the molecule is CCCN[C@H](C)c1ccc(C(C)C)cc1. The van der Waals surface area contributed by atoms with Gasteiger partial charge in [-0.2, -0.15) is 0 Å². The molecule has 0 aliphatic rings. The molecular formula is C14H23N.